The number of fused-ring (bicyclic) bond motifs is 3. The number of methoxy groups -OCH3 is 3. The predicted molar refractivity (Wildman–Crippen MR) is 285 cm³/mol. The molecule has 16 heteroatoms. The van der Waals surface area contributed by atoms with Gasteiger partial charge in [-0.1, -0.05) is 77.7 Å². The molecular formula is C59H92N2O14. The highest BCUT2D eigenvalue weighted by atomic mass is 16.6. The maximum Gasteiger partial charge on any atom is 0.329 e. The van der Waals surface area contributed by atoms with Crippen LogP contribution in [0.25, 0.3) is 0 Å². The van der Waals surface area contributed by atoms with Crippen LogP contribution in [0.15, 0.2) is 59.8 Å². The first-order valence-corrected chi connectivity index (χ1v) is 27.8. The number of allylic oxidation sites excluding steroid dienone is 6. The topological polar surface area (TPSA) is 208 Å². The van der Waals surface area contributed by atoms with Crippen LogP contribution in [0.1, 0.15) is 138 Å². The number of ketones is 2. The molecule has 1 aliphatic carbocycles. The Morgan fingerprint density at radius 2 is 1.56 bits per heavy atom. The van der Waals surface area contributed by atoms with Crippen LogP contribution in [-0.4, -0.2) is 163 Å². The first-order chi connectivity index (χ1) is 35.6. The smallest absolute Gasteiger partial charge is 0.329 e. The van der Waals surface area contributed by atoms with Crippen molar-refractivity contribution in [3.8, 4) is 0 Å². The summed E-state index contributed by atoms with van der Waals surface area (Å²) >= 11 is 0. The van der Waals surface area contributed by atoms with E-state index in [0.717, 1.165) is 17.6 Å². The number of amides is 1. The summed E-state index contributed by atoms with van der Waals surface area (Å²) in [5.41, 5.74) is 2.16. The van der Waals surface area contributed by atoms with Gasteiger partial charge in [0.05, 0.1) is 31.0 Å². The number of likely N-dealkylation sites (tertiary alicyclic amines) is 1. The van der Waals surface area contributed by atoms with E-state index < -0.39 is 77.9 Å². The van der Waals surface area contributed by atoms with Crippen molar-refractivity contribution < 1.29 is 67.7 Å². The minimum atomic E-state index is -2.44. The molecule has 0 aromatic heterocycles. The third-order valence-corrected chi connectivity index (χ3v) is 16.9. The number of nitrogens with zero attached hydrogens (tertiary/aromatic N) is 2. The number of esters is 2. The molecule has 0 unspecified atom stereocenters. The molecule has 4 heterocycles. The fourth-order valence-electron chi connectivity index (χ4n) is 11.8. The second-order valence-electron chi connectivity index (χ2n) is 22.7. The van der Waals surface area contributed by atoms with Crippen molar-refractivity contribution in [2.75, 3.05) is 47.5 Å². The summed E-state index contributed by atoms with van der Waals surface area (Å²) in [6.07, 6.45) is 13.4. The monoisotopic (exact) mass is 1050 g/mol. The van der Waals surface area contributed by atoms with Crippen LogP contribution in [0.2, 0.25) is 0 Å². The zero-order valence-corrected chi connectivity index (χ0v) is 46.8. The number of hydrogen-bond acceptors (Lipinski definition) is 15. The number of rotatable bonds is 9. The van der Waals surface area contributed by atoms with Gasteiger partial charge in [-0.3, -0.25) is 24.1 Å². The highest BCUT2D eigenvalue weighted by Crippen LogP contribution is 2.38. The standard InChI is InChI=1S/C59H92N2O14/c1-36-17-13-12-14-18-37(2)50(70-9)33-46-22-20-42(7)59(69,75-46)56(66)57(67)61-26-16-15-19-47(61)58(68)74-51(34-48(63)39(4)30-41(6)54(65)55(72-11)43(8)38(3)29-36)40(5)31-44-21-23-49(52(32-44)71-10)73-53(64)35-60-27-24-45(62)25-28-60/h12-14,17-18,30,36,38-40,42,44-47,49-52,54-55,62,65,69H,8,15-16,19-29,31-35H2,1-7,9-11H3/b14-12+,17-13+,37-18+,41-30+/t36-,38-,39-,40-,42-,44+,46+,47+,49-,50+,51+,52-,54-,55+,59-/m1/s1. The highest BCUT2D eigenvalue weighted by Gasteiger charge is 2.53. The molecule has 422 valence electrons. The summed E-state index contributed by atoms with van der Waals surface area (Å²) in [6.45, 7) is 19.1. The molecule has 1 saturated carbocycles. The van der Waals surface area contributed by atoms with Crippen molar-refractivity contribution >= 4 is 29.4 Å². The van der Waals surface area contributed by atoms with E-state index in [4.69, 9.17) is 28.4 Å². The number of Topliss-reactive ketones (excluding diaryl/α,β-unsaturated/α-hetero) is 2. The molecule has 0 aromatic carbocycles. The molecule has 5 rings (SSSR count). The number of piperidine rings is 2. The minimum absolute atomic E-state index is 0.0174. The van der Waals surface area contributed by atoms with E-state index in [1.807, 2.05) is 43.1 Å². The molecule has 2 bridgehead atoms. The Morgan fingerprint density at radius 1 is 0.840 bits per heavy atom. The molecule has 16 nitrogen and oxygen atoms in total. The summed E-state index contributed by atoms with van der Waals surface area (Å²) < 4.78 is 36.2. The maximum atomic E-state index is 14.6. The van der Waals surface area contributed by atoms with Crippen LogP contribution in [0, 0.1) is 35.5 Å². The Morgan fingerprint density at radius 3 is 2.24 bits per heavy atom. The van der Waals surface area contributed by atoms with Crippen molar-refractivity contribution in [2.45, 2.75) is 199 Å². The van der Waals surface area contributed by atoms with E-state index in [2.05, 4.69) is 26.5 Å². The largest absolute Gasteiger partial charge is 0.460 e. The molecule has 0 spiro atoms. The van der Waals surface area contributed by atoms with Gasteiger partial charge in [-0.2, -0.15) is 0 Å². The zero-order chi connectivity index (χ0) is 55.1. The predicted octanol–water partition coefficient (Wildman–Crippen LogP) is 7.18. The van der Waals surface area contributed by atoms with Gasteiger partial charge in [0.15, 0.2) is 0 Å². The van der Waals surface area contributed by atoms with Crippen molar-refractivity contribution in [3.05, 3.63) is 59.8 Å². The molecule has 5 aliphatic rings. The molecule has 3 saturated heterocycles. The van der Waals surface area contributed by atoms with Crippen molar-refractivity contribution in [3.63, 3.8) is 0 Å². The Labute approximate surface area is 447 Å². The van der Waals surface area contributed by atoms with Gasteiger partial charge < -0.3 is 48.6 Å². The molecular weight excluding hydrogens is 961 g/mol. The molecule has 4 fully saturated rings. The molecule has 1 amide bonds. The highest BCUT2D eigenvalue weighted by molar-refractivity contribution is 6.39. The van der Waals surface area contributed by atoms with Crippen LogP contribution in [0.4, 0.5) is 0 Å². The van der Waals surface area contributed by atoms with Gasteiger partial charge in [0, 0.05) is 65.6 Å². The molecule has 3 N–H and O–H groups in total. The Hall–Kier alpha value is -3.87. The summed E-state index contributed by atoms with van der Waals surface area (Å²) in [6, 6.07) is -1.15. The van der Waals surface area contributed by atoms with Crippen LogP contribution in [0.3, 0.4) is 0 Å². The Bertz CT molecular complexity index is 2060. The van der Waals surface area contributed by atoms with E-state index in [9.17, 15) is 39.3 Å². The summed E-state index contributed by atoms with van der Waals surface area (Å²) in [5, 5.41) is 33.7. The SMILES string of the molecule is C=C1[C@H](C)C[C@H](C)/C=C/C=C/C=C(\C)[C@@H](OC)C[C@@H]2CC[C@@H](C)[C@@](O)(O2)C(=O)C(=O)N2CCCC[C@H]2C(=O)O[C@H]([C@H](C)C[C@@H]2CC[C@@H](OC(=O)CN3CCC(O)CC3)[C@H](OC)C2)CC(=O)[C@H](C)/C=C(\C)[C@@H](O)[C@H]1OC. The van der Waals surface area contributed by atoms with Gasteiger partial charge >= 0.3 is 11.9 Å². The lowest BCUT2D eigenvalue weighted by Gasteiger charge is -2.42. The summed E-state index contributed by atoms with van der Waals surface area (Å²) in [5.74, 6) is -7.48. The molecule has 0 aromatic rings. The second-order valence-corrected chi connectivity index (χ2v) is 22.7. The van der Waals surface area contributed by atoms with Crippen molar-refractivity contribution in [1.82, 2.24) is 9.80 Å². The van der Waals surface area contributed by atoms with Gasteiger partial charge in [0.2, 0.25) is 5.79 Å². The van der Waals surface area contributed by atoms with Gasteiger partial charge in [-0.15, -0.1) is 0 Å². The van der Waals surface area contributed by atoms with Crippen LogP contribution in [0.5, 0.6) is 0 Å². The number of carbonyl (C=O) groups is 5. The first kappa shape index (κ1) is 62.0. The van der Waals surface area contributed by atoms with E-state index >= 15 is 0 Å². The van der Waals surface area contributed by atoms with Gasteiger partial charge in [-0.25, -0.2) is 4.79 Å². The van der Waals surface area contributed by atoms with E-state index in [1.54, 1.807) is 41.1 Å². The second kappa shape index (κ2) is 29.2. The normalized spacial score (nSPS) is 38.3. The number of ether oxygens (including phenoxy) is 6. The van der Waals surface area contributed by atoms with Crippen LogP contribution >= 0.6 is 0 Å². The number of cyclic esters (lactones) is 1. The zero-order valence-electron chi connectivity index (χ0n) is 46.8. The van der Waals surface area contributed by atoms with Crippen LogP contribution < -0.4 is 0 Å². The van der Waals surface area contributed by atoms with Crippen molar-refractivity contribution in [2.24, 2.45) is 35.5 Å². The minimum Gasteiger partial charge on any atom is -0.460 e. The quantitative estimate of drug-likeness (QED) is 0.119. The number of carbonyl (C=O) groups excluding carboxylic acids is 5. The maximum absolute atomic E-state index is 14.6. The van der Waals surface area contributed by atoms with Gasteiger partial charge in [-0.05, 0) is 131 Å². The summed E-state index contributed by atoms with van der Waals surface area (Å²) in [4.78, 5) is 74.0. The van der Waals surface area contributed by atoms with Gasteiger partial charge in [0.1, 0.15) is 36.2 Å². The first-order valence-electron chi connectivity index (χ1n) is 27.8. The fourth-order valence-corrected chi connectivity index (χ4v) is 11.8. The lowest BCUT2D eigenvalue weighted by atomic mass is 9.78. The van der Waals surface area contributed by atoms with Gasteiger partial charge in [0.25, 0.3) is 11.7 Å². The van der Waals surface area contributed by atoms with E-state index in [1.165, 1.54) is 12.0 Å². The third kappa shape index (κ3) is 17.1. The lowest BCUT2D eigenvalue weighted by molar-refractivity contribution is -0.265. The van der Waals surface area contributed by atoms with Crippen LogP contribution in [-0.2, 0) is 52.4 Å². The van der Waals surface area contributed by atoms with E-state index in [0.29, 0.717) is 89.3 Å². The van der Waals surface area contributed by atoms with E-state index in [-0.39, 0.29) is 73.6 Å². The Kier molecular flexibility index (Phi) is 24.1. The molecule has 4 aliphatic heterocycles. The fraction of sp³-hybridized carbons (Fsp3) is 0.746. The summed E-state index contributed by atoms with van der Waals surface area (Å²) in [7, 11) is 4.72. The molecule has 75 heavy (non-hydrogen) atoms. The van der Waals surface area contributed by atoms with Crippen molar-refractivity contribution in [1.29, 1.82) is 0 Å². The molecule has 15 atom stereocenters. The average Bonchev–Trinajstić information content (AvgIpc) is 3.38. The number of aliphatic hydroxyl groups is 3. The Balaban J connectivity index is 1.42. The number of aliphatic hydroxyl groups excluding tert-OH is 2. The molecule has 0 radical (unpaired) electrons. The third-order valence-electron chi connectivity index (χ3n) is 16.9. The average molecular weight is 1050 g/mol. The lowest BCUT2D eigenvalue weighted by Crippen LogP contribution is -2.61. The number of hydrogen-bond donors (Lipinski definition) is 3.